The molecule has 3 aromatic heterocycles. The lowest BCUT2D eigenvalue weighted by atomic mass is 10.1. The molecule has 1 aliphatic rings. The molecule has 0 aliphatic heterocycles. The quantitative estimate of drug-likeness (QED) is 0.756. The molecular formula is C16H16Cl2N6O. The highest BCUT2D eigenvalue weighted by molar-refractivity contribution is 6.41. The van der Waals surface area contributed by atoms with Crippen LogP contribution >= 0.6 is 23.2 Å². The van der Waals surface area contributed by atoms with Gasteiger partial charge in [-0.3, -0.25) is 14.2 Å². The topological polar surface area (TPSA) is 77.6 Å². The van der Waals surface area contributed by atoms with E-state index in [1.54, 1.807) is 17.9 Å². The number of hydrogen-bond acceptors (Lipinski definition) is 4. The molecule has 0 aromatic carbocycles. The number of nitrogens with zero attached hydrogens (tertiary/aromatic N) is 5. The van der Waals surface area contributed by atoms with Gasteiger partial charge in [0, 0.05) is 25.7 Å². The lowest BCUT2D eigenvalue weighted by molar-refractivity contribution is 0.0952. The maximum atomic E-state index is 12.8. The molecule has 3 heterocycles. The van der Waals surface area contributed by atoms with Crippen molar-refractivity contribution in [3.8, 4) is 0 Å². The molecule has 0 unspecified atom stereocenters. The molecule has 9 heteroatoms. The van der Waals surface area contributed by atoms with Crippen molar-refractivity contribution >= 4 is 40.1 Å². The van der Waals surface area contributed by atoms with Gasteiger partial charge in [-0.25, -0.2) is 4.98 Å². The van der Waals surface area contributed by atoms with Crippen molar-refractivity contribution in [2.45, 2.75) is 25.3 Å². The van der Waals surface area contributed by atoms with Crippen LogP contribution in [0.4, 0.5) is 0 Å². The van der Waals surface area contributed by atoms with E-state index in [4.69, 9.17) is 23.2 Å². The molecule has 130 valence electrons. The van der Waals surface area contributed by atoms with E-state index in [1.807, 2.05) is 13.1 Å². The summed E-state index contributed by atoms with van der Waals surface area (Å²) in [7, 11) is 3.52. The Morgan fingerprint density at radius 1 is 1.32 bits per heavy atom. The van der Waals surface area contributed by atoms with Crippen LogP contribution in [-0.2, 0) is 20.6 Å². The van der Waals surface area contributed by atoms with E-state index < -0.39 is 0 Å². The summed E-state index contributed by atoms with van der Waals surface area (Å²) >= 11 is 12.1. The van der Waals surface area contributed by atoms with Gasteiger partial charge in [-0.1, -0.05) is 23.2 Å². The average molecular weight is 379 g/mol. The molecule has 7 nitrogen and oxygen atoms in total. The Morgan fingerprint density at radius 2 is 2.08 bits per heavy atom. The predicted octanol–water partition coefficient (Wildman–Crippen LogP) is 2.82. The highest BCUT2D eigenvalue weighted by Gasteiger charge is 2.28. The first-order valence-electron chi connectivity index (χ1n) is 7.93. The third-order valence-electron chi connectivity index (χ3n) is 4.37. The fourth-order valence-corrected chi connectivity index (χ4v) is 3.19. The van der Waals surface area contributed by atoms with E-state index in [1.165, 1.54) is 4.68 Å². The summed E-state index contributed by atoms with van der Waals surface area (Å²) in [5, 5.41) is 12.7. The maximum absolute atomic E-state index is 12.8. The number of pyridine rings is 1. The number of halogens is 2. The molecule has 4 rings (SSSR count). The normalized spacial score (nSPS) is 14.2. The van der Waals surface area contributed by atoms with Crippen LogP contribution < -0.4 is 5.32 Å². The fourth-order valence-electron chi connectivity index (χ4n) is 2.81. The van der Waals surface area contributed by atoms with Crippen LogP contribution in [0.3, 0.4) is 0 Å². The Hall–Kier alpha value is -2.12. The Bertz CT molecular complexity index is 988. The number of carbonyl (C=O) groups excluding carboxylic acids is 1. The number of amides is 1. The zero-order chi connectivity index (χ0) is 17.7. The molecule has 1 amide bonds. The van der Waals surface area contributed by atoms with Gasteiger partial charge in [0.05, 0.1) is 23.7 Å². The minimum Gasteiger partial charge on any atom is -0.346 e. The zero-order valence-corrected chi connectivity index (χ0v) is 15.3. The first-order valence-corrected chi connectivity index (χ1v) is 8.69. The second kappa shape index (κ2) is 6.00. The maximum Gasteiger partial charge on any atom is 0.252 e. The molecule has 1 saturated carbocycles. The third-order valence-corrected chi connectivity index (χ3v) is 5.30. The van der Waals surface area contributed by atoms with Gasteiger partial charge in [-0.2, -0.15) is 10.2 Å². The predicted molar refractivity (Wildman–Crippen MR) is 94.9 cm³/mol. The number of carbonyl (C=O) groups is 1. The summed E-state index contributed by atoms with van der Waals surface area (Å²) in [5.74, 6) is 0.232. The standard InChI is InChI=1S/C16H16Cl2N6O/c1-23-14(18)13(17)12(22-23)7-19-16(25)9-5-11(8-3-4-8)21-15-10(9)6-20-24(15)2/h5-6,8H,3-4,7H2,1-2H3,(H,19,25). The van der Waals surface area contributed by atoms with Gasteiger partial charge < -0.3 is 5.32 Å². The molecule has 1 aliphatic carbocycles. The second-order valence-electron chi connectivity index (χ2n) is 6.23. The summed E-state index contributed by atoms with van der Waals surface area (Å²) in [6, 6.07) is 1.87. The van der Waals surface area contributed by atoms with E-state index in [0.717, 1.165) is 23.9 Å². The van der Waals surface area contributed by atoms with Gasteiger partial charge in [-0.05, 0) is 18.9 Å². The summed E-state index contributed by atoms with van der Waals surface area (Å²) in [6.45, 7) is 0.196. The van der Waals surface area contributed by atoms with Gasteiger partial charge in [0.15, 0.2) is 5.65 Å². The largest absolute Gasteiger partial charge is 0.346 e. The van der Waals surface area contributed by atoms with E-state index in [9.17, 15) is 4.79 Å². The second-order valence-corrected chi connectivity index (χ2v) is 6.97. The van der Waals surface area contributed by atoms with Gasteiger partial charge in [0.25, 0.3) is 5.91 Å². The summed E-state index contributed by atoms with van der Waals surface area (Å²) < 4.78 is 3.16. The Labute approximate surface area is 153 Å². The molecule has 1 N–H and O–H groups in total. The third kappa shape index (κ3) is 2.87. The first kappa shape index (κ1) is 16.4. The Kier molecular flexibility index (Phi) is 3.92. The first-order chi connectivity index (χ1) is 12.0. The Balaban J connectivity index is 1.64. The molecule has 0 spiro atoms. The molecule has 25 heavy (non-hydrogen) atoms. The van der Waals surface area contributed by atoms with Crippen molar-refractivity contribution in [1.29, 1.82) is 0 Å². The van der Waals surface area contributed by atoms with Crippen molar-refractivity contribution in [3.63, 3.8) is 0 Å². The van der Waals surface area contributed by atoms with Crippen molar-refractivity contribution in [1.82, 2.24) is 29.9 Å². The van der Waals surface area contributed by atoms with Crippen LogP contribution in [0.15, 0.2) is 12.3 Å². The van der Waals surface area contributed by atoms with Crippen molar-refractivity contribution in [2.24, 2.45) is 14.1 Å². The van der Waals surface area contributed by atoms with Crippen LogP contribution in [0.5, 0.6) is 0 Å². The van der Waals surface area contributed by atoms with E-state index in [2.05, 4.69) is 20.5 Å². The summed E-state index contributed by atoms with van der Waals surface area (Å²) in [6.07, 6.45) is 3.89. The van der Waals surface area contributed by atoms with Crippen molar-refractivity contribution < 1.29 is 4.79 Å². The number of nitrogens with one attached hydrogen (secondary N) is 1. The highest BCUT2D eigenvalue weighted by atomic mass is 35.5. The lowest BCUT2D eigenvalue weighted by Crippen LogP contribution is -2.24. The lowest BCUT2D eigenvalue weighted by Gasteiger charge is -2.08. The number of rotatable bonds is 4. The summed E-state index contributed by atoms with van der Waals surface area (Å²) in [4.78, 5) is 17.4. The van der Waals surface area contributed by atoms with E-state index in [-0.39, 0.29) is 12.5 Å². The smallest absolute Gasteiger partial charge is 0.252 e. The van der Waals surface area contributed by atoms with Gasteiger partial charge in [0.2, 0.25) is 0 Å². The van der Waals surface area contributed by atoms with Crippen LogP contribution in [0.25, 0.3) is 11.0 Å². The number of aryl methyl sites for hydroxylation is 2. The number of hydrogen-bond donors (Lipinski definition) is 1. The highest BCUT2D eigenvalue weighted by Crippen LogP contribution is 2.40. The summed E-state index contributed by atoms with van der Waals surface area (Å²) in [5.41, 5.74) is 2.76. The molecule has 0 atom stereocenters. The van der Waals surface area contributed by atoms with Gasteiger partial charge >= 0.3 is 0 Å². The molecular weight excluding hydrogens is 363 g/mol. The van der Waals surface area contributed by atoms with Crippen LogP contribution in [0, 0.1) is 0 Å². The van der Waals surface area contributed by atoms with Crippen molar-refractivity contribution in [3.05, 3.63) is 39.4 Å². The SMILES string of the molecule is Cn1nc(CNC(=O)c2cc(C3CC3)nc3c2cnn3C)c(Cl)c1Cl. The van der Waals surface area contributed by atoms with Crippen molar-refractivity contribution in [2.75, 3.05) is 0 Å². The average Bonchev–Trinajstić information content (AvgIpc) is 3.35. The van der Waals surface area contributed by atoms with Crippen LogP contribution in [-0.4, -0.2) is 30.5 Å². The van der Waals surface area contributed by atoms with Crippen LogP contribution in [0.2, 0.25) is 10.2 Å². The monoisotopic (exact) mass is 378 g/mol. The fraction of sp³-hybridized carbons (Fsp3) is 0.375. The molecule has 3 aromatic rings. The zero-order valence-electron chi connectivity index (χ0n) is 13.8. The minimum atomic E-state index is -0.208. The molecule has 0 saturated heterocycles. The van der Waals surface area contributed by atoms with E-state index >= 15 is 0 Å². The number of fused-ring (bicyclic) bond motifs is 1. The minimum absolute atomic E-state index is 0.196. The van der Waals surface area contributed by atoms with Gasteiger partial charge in [0.1, 0.15) is 15.9 Å². The van der Waals surface area contributed by atoms with E-state index in [0.29, 0.717) is 33.0 Å². The van der Waals surface area contributed by atoms with Gasteiger partial charge in [-0.15, -0.1) is 0 Å². The number of aromatic nitrogens is 5. The van der Waals surface area contributed by atoms with Crippen LogP contribution in [0.1, 0.15) is 40.5 Å². The molecule has 0 bridgehead atoms. The molecule has 1 fully saturated rings. The molecule has 0 radical (unpaired) electrons. The Morgan fingerprint density at radius 3 is 2.72 bits per heavy atom.